The van der Waals surface area contributed by atoms with Gasteiger partial charge in [0.1, 0.15) is 11.8 Å². The number of methoxy groups -OCH3 is 1. The average molecular weight is 199 g/mol. The maximum atomic E-state index is 8.81. The molecule has 4 nitrogen and oxygen atoms in total. The van der Waals surface area contributed by atoms with Crippen molar-refractivity contribution in [2.75, 3.05) is 7.11 Å². The Hall–Kier alpha value is -2.28. The number of nitrogens with one attached hydrogen (secondary N) is 1. The number of rotatable bonds is 2. The Labute approximate surface area is 87.2 Å². The first-order valence-electron chi connectivity index (χ1n) is 4.43. The minimum absolute atomic E-state index is 0.403. The molecule has 0 amide bonds. The van der Waals surface area contributed by atoms with Crippen LogP contribution >= 0.6 is 0 Å². The molecule has 74 valence electrons. The number of H-pyrrole nitrogens is 1. The fraction of sp³-hybridized carbons (Fsp3) is 0.0909. The molecule has 0 spiro atoms. The van der Waals surface area contributed by atoms with Crippen LogP contribution < -0.4 is 4.74 Å². The van der Waals surface area contributed by atoms with Crippen LogP contribution in [0, 0.1) is 11.3 Å². The lowest BCUT2D eigenvalue weighted by Crippen LogP contribution is -1.84. The van der Waals surface area contributed by atoms with E-state index in [-0.39, 0.29) is 0 Å². The van der Waals surface area contributed by atoms with Crippen LogP contribution in [0.3, 0.4) is 0 Å². The molecule has 1 aromatic heterocycles. The highest BCUT2D eigenvalue weighted by molar-refractivity contribution is 5.65. The number of benzene rings is 1. The molecule has 0 atom stereocenters. The lowest BCUT2D eigenvalue weighted by molar-refractivity contribution is 0.415. The van der Waals surface area contributed by atoms with E-state index in [0.717, 1.165) is 17.0 Å². The van der Waals surface area contributed by atoms with Crippen LogP contribution in [0.25, 0.3) is 11.3 Å². The molecule has 2 rings (SSSR count). The van der Waals surface area contributed by atoms with Crippen molar-refractivity contribution in [1.29, 1.82) is 5.26 Å². The second-order valence-electron chi connectivity index (χ2n) is 2.97. The van der Waals surface area contributed by atoms with Crippen LogP contribution in [-0.4, -0.2) is 17.1 Å². The van der Waals surface area contributed by atoms with Gasteiger partial charge in [-0.3, -0.25) is 0 Å². The summed E-state index contributed by atoms with van der Waals surface area (Å²) >= 11 is 0. The Bertz CT molecular complexity index is 493. The Morgan fingerprint density at radius 1 is 1.33 bits per heavy atom. The Kier molecular flexibility index (Phi) is 2.38. The molecule has 1 aromatic carbocycles. The second kappa shape index (κ2) is 3.84. The number of hydrogen-bond acceptors (Lipinski definition) is 3. The highest BCUT2D eigenvalue weighted by atomic mass is 16.5. The normalized spacial score (nSPS) is 9.60. The molecule has 0 radical (unpaired) electrons. The number of aromatic nitrogens is 2. The van der Waals surface area contributed by atoms with E-state index in [1.54, 1.807) is 7.11 Å². The smallest absolute Gasteiger partial charge is 0.166 e. The van der Waals surface area contributed by atoms with Gasteiger partial charge < -0.3 is 9.72 Å². The zero-order valence-corrected chi connectivity index (χ0v) is 8.19. The average Bonchev–Trinajstić information content (AvgIpc) is 2.77. The summed E-state index contributed by atoms with van der Waals surface area (Å²) in [6, 6.07) is 9.48. The van der Waals surface area contributed by atoms with Gasteiger partial charge in [-0.05, 0) is 24.3 Å². The molecule has 15 heavy (non-hydrogen) atoms. The van der Waals surface area contributed by atoms with Crippen molar-refractivity contribution in [2.45, 2.75) is 0 Å². The lowest BCUT2D eigenvalue weighted by Gasteiger charge is -2.01. The number of imidazole rings is 1. The summed E-state index contributed by atoms with van der Waals surface area (Å²) in [7, 11) is 1.62. The van der Waals surface area contributed by atoms with E-state index >= 15 is 0 Å². The van der Waals surface area contributed by atoms with Gasteiger partial charge in [-0.25, -0.2) is 4.98 Å². The third kappa shape index (κ3) is 1.67. The van der Waals surface area contributed by atoms with Crippen molar-refractivity contribution < 1.29 is 4.74 Å². The molecule has 4 heteroatoms. The van der Waals surface area contributed by atoms with Crippen molar-refractivity contribution >= 4 is 0 Å². The first-order valence-corrected chi connectivity index (χ1v) is 4.43. The molecular weight excluding hydrogens is 190 g/mol. The first-order chi connectivity index (χ1) is 7.35. The molecule has 0 bridgehead atoms. The van der Waals surface area contributed by atoms with Gasteiger partial charge in [-0.2, -0.15) is 5.26 Å². The fourth-order valence-corrected chi connectivity index (χ4v) is 1.36. The van der Waals surface area contributed by atoms with Gasteiger partial charge >= 0.3 is 0 Å². The Morgan fingerprint density at radius 2 is 2.07 bits per heavy atom. The van der Waals surface area contributed by atoms with Gasteiger partial charge in [0.05, 0.1) is 19.1 Å². The third-order valence-electron chi connectivity index (χ3n) is 2.12. The van der Waals surface area contributed by atoms with E-state index in [0.29, 0.717) is 5.69 Å². The van der Waals surface area contributed by atoms with Crippen molar-refractivity contribution in [3.63, 3.8) is 0 Å². The van der Waals surface area contributed by atoms with Crippen molar-refractivity contribution in [2.24, 2.45) is 0 Å². The van der Waals surface area contributed by atoms with Gasteiger partial charge in [-0.1, -0.05) is 0 Å². The topological polar surface area (TPSA) is 61.7 Å². The third-order valence-corrected chi connectivity index (χ3v) is 2.12. The zero-order chi connectivity index (χ0) is 10.7. The predicted molar refractivity (Wildman–Crippen MR) is 55.3 cm³/mol. The minimum Gasteiger partial charge on any atom is -0.497 e. The second-order valence-corrected chi connectivity index (χ2v) is 2.97. The number of hydrogen-bond donors (Lipinski definition) is 1. The number of nitrogens with zero attached hydrogens (tertiary/aromatic N) is 2. The van der Waals surface area contributed by atoms with Gasteiger partial charge in [0.2, 0.25) is 0 Å². The number of ether oxygens (including phenoxy) is 1. The number of nitriles is 1. The predicted octanol–water partition coefficient (Wildman–Crippen LogP) is 1.96. The molecule has 1 heterocycles. The highest BCUT2D eigenvalue weighted by Crippen LogP contribution is 2.22. The quantitative estimate of drug-likeness (QED) is 0.804. The van der Waals surface area contributed by atoms with E-state index in [1.165, 1.54) is 6.33 Å². The van der Waals surface area contributed by atoms with E-state index in [4.69, 9.17) is 10.00 Å². The fourth-order valence-electron chi connectivity index (χ4n) is 1.36. The molecule has 0 aliphatic heterocycles. The molecular formula is C11H9N3O. The van der Waals surface area contributed by atoms with Crippen molar-refractivity contribution in [3.05, 3.63) is 36.3 Å². The lowest BCUT2D eigenvalue weighted by atomic mass is 10.1. The van der Waals surface area contributed by atoms with Crippen LogP contribution in [0.4, 0.5) is 0 Å². The van der Waals surface area contributed by atoms with E-state index in [9.17, 15) is 0 Å². The summed E-state index contributed by atoms with van der Waals surface area (Å²) in [6.07, 6.45) is 1.51. The van der Waals surface area contributed by atoms with E-state index in [1.807, 2.05) is 30.3 Å². The van der Waals surface area contributed by atoms with Crippen LogP contribution in [0.2, 0.25) is 0 Å². The van der Waals surface area contributed by atoms with Crippen LogP contribution in [-0.2, 0) is 0 Å². The molecule has 0 saturated heterocycles. The van der Waals surface area contributed by atoms with Crippen LogP contribution in [0.15, 0.2) is 30.6 Å². The molecule has 0 fully saturated rings. The SMILES string of the molecule is COc1ccc(-c2[nH]cnc2C#N)cc1. The zero-order valence-electron chi connectivity index (χ0n) is 8.19. The maximum absolute atomic E-state index is 8.81. The Morgan fingerprint density at radius 3 is 2.67 bits per heavy atom. The molecule has 0 aliphatic carbocycles. The molecule has 2 aromatic rings. The summed E-state index contributed by atoms with van der Waals surface area (Å²) < 4.78 is 5.05. The number of aromatic amines is 1. The van der Waals surface area contributed by atoms with Gasteiger partial charge in [-0.15, -0.1) is 0 Å². The van der Waals surface area contributed by atoms with E-state index in [2.05, 4.69) is 9.97 Å². The van der Waals surface area contributed by atoms with Crippen LogP contribution in [0.1, 0.15) is 5.69 Å². The summed E-state index contributed by atoms with van der Waals surface area (Å²) in [5, 5.41) is 8.81. The van der Waals surface area contributed by atoms with Gasteiger partial charge in [0, 0.05) is 5.56 Å². The summed E-state index contributed by atoms with van der Waals surface area (Å²) in [4.78, 5) is 6.84. The highest BCUT2D eigenvalue weighted by Gasteiger charge is 2.06. The van der Waals surface area contributed by atoms with Gasteiger partial charge in [0.15, 0.2) is 5.69 Å². The molecule has 0 unspecified atom stereocenters. The van der Waals surface area contributed by atoms with Crippen LogP contribution in [0.5, 0.6) is 5.75 Å². The summed E-state index contributed by atoms with van der Waals surface area (Å²) in [5.74, 6) is 0.789. The van der Waals surface area contributed by atoms with E-state index < -0.39 is 0 Å². The molecule has 0 saturated carbocycles. The summed E-state index contributed by atoms with van der Waals surface area (Å²) in [5.41, 5.74) is 2.06. The standard InChI is InChI=1S/C11H9N3O/c1-15-9-4-2-8(3-5-9)11-10(6-12)13-7-14-11/h2-5,7H,1H3,(H,13,14). The van der Waals surface area contributed by atoms with Crippen molar-refractivity contribution in [3.8, 4) is 23.1 Å². The summed E-state index contributed by atoms with van der Waals surface area (Å²) in [6.45, 7) is 0. The minimum atomic E-state index is 0.403. The van der Waals surface area contributed by atoms with Crippen molar-refractivity contribution in [1.82, 2.24) is 9.97 Å². The molecule has 1 N–H and O–H groups in total. The largest absolute Gasteiger partial charge is 0.497 e. The maximum Gasteiger partial charge on any atom is 0.166 e. The van der Waals surface area contributed by atoms with Gasteiger partial charge in [0.25, 0.3) is 0 Å². The molecule has 0 aliphatic rings. The monoisotopic (exact) mass is 199 g/mol. The first kappa shape index (κ1) is 9.28. The Balaban J connectivity index is 2.42.